The van der Waals surface area contributed by atoms with Crippen LogP contribution in [-0.4, -0.2) is 6.54 Å². The maximum absolute atomic E-state index is 6.12. The van der Waals surface area contributed by atoms with Gasteiger partial charge in [0.05, 0.1) is 0 Å². The lowest BCUT2D eigenvalue weighted by molar-refractivity contribution is 0.560. The molecular weight excluding hydrogens is 278 g/mol. The highest BCUT2D eigenvalue weighted by molar-refractivity contribution is 6.31. The lowest BCUT2D eigenvalue weighted by atomic mass is 10.1. The van der Waals surface area contributed by atoms with Crippen LogP contribution in [0.2, 0.25) is 5.02 Å². The van der Waals surface area contributed by atoms with Crippen LogP contribution in [-0.2, 0) is 0 Å². The van der Waals surface area contributed by atoms with Gasteiger partial charge in [-0.2, -0.15) is 0 Å². The van der Waals surface area contributed by atoms with Crippen molar-refractivity contribution in [1.82, 2.24) is 0 Å². The summed E-state index contributed by atoms with van der Waals surface area (Å²) in [6.45, 7) is 5.40. The number of benzene rings is 1. The van der Waals surface area contributed by atoms with Gasteiger partial charge in [0, 0.05) is 17.3 Å². The highest BCUT2D eigenvalue weighted by atomic mass is 35.5. The average molecular weight is 310 g/mol. The summed E-state index contributed by atoms with van der Waals surface area (Å²) in [5.74, 6) is 0. The third-order valence-corrected chi connectivity index (χ3v) is 4.52. The monoisotopic (exact) mass is 309 g/mol. The van der Waals surface area contributed by atoms with Crippen LogP contribution < -0.4 is 5.32 Å². The summed E-state index contributed by atoms with van der Waals surface area (Å²) >= 11 is 6.12. The number of hydrogen-bond donors (Lipinski definition) is 1. The summed E-state index contributed by atoms with van der Waals surface area (Å²) in [5, 5.41) is 4.34. The predicted octanol–water partition coefficient (Wildman–Crippen LogP) is 6.98. The van der Waals surface area contributed by atoms with Gasteiger partial charge in [-0.3, -0.25) is 0 Å². The molecule has 1 aromatic rings. The first-order valence-electron chi connectivity index (χ1n) is 8.74. The molecule has 0 heterocycles. The average Bonchev–Trinajstić information content (AvgIpc) is 2.49. The second-order valence-corrected chi connectivity index (χ2v) is 6.43. The van der Waals surface area contributed by atoms with Gasteiger partial charge in [0.1, 0.15) is 0 Å². The van der Waals surface area contributed by atoms with Crippen molar-refractivity contribution in [3.63, 3.8) is 0 Å². The van der Waals surface area contributed by atoms with Crippen molar-refractivity contribution in [3.8, 4) is 0 Å². The van der Waals surface area contributed by atoms with E-state index in [4.69, 9.17) is 11.6 Å². The van der Waals surface area contributed by atoms with E-state index in [1.165, 1.54) is 69.9 Å². The Morgan fingerprint density at radius 1 is 0.857 bits per heavy atom. The molecule has 0 amide bonds. The van der Waals surface area contributed by atoms with Crippen molar-refractivity contribution >= 4 is 17.3 Å². The zero-order valence-corrected chi connectivity index (χ0v) is 14.6. The molecule has 0 aliphatic carbocycles. The van der Waals surface area contributed by atoms with Gasteiger partial charge in [-0.1, -0.05) is 82.4 Å². The smallest absolute Gasteiger partial charge is 0.0455 e. The molecule has 0 spiro atoms. The summed E-state index contributed by atoms with van der Waals surface area (Å²) in [6.07, 6.45) is 13.8. The first-order chi connectivity index (χ1) is 10.3. The molecule has 0 bridgehead atoms. The van der Waals surface area contributed by atoms with Gasteiger partial charge in [-0.25, -0.2) is 0 Å². The van der Waals surface area contributed by atoms with Gasteiger partial charge in [-0.15, -0.1) is 0 Å². The highest BCUT2D eigenvalue weighted by Crippen LogP contribution is 2.22. The SMILES string of the molecule is CCCCCCCCCCCCNc1cccc(Cl)c1C. The third-order valence-electron chi connectivity index (χ3n) is 4.11. The lowest BCUT2D eigenvalue weighted by Crippen LogP contribution is -2.03. The van der Waals surface area contributed by atoms with Gasteiger partial charge in [-0.05, 0) is 31.0 Å². The molecule has 0 radical (unpaired) electrons. The molecule has 1 rings (SSSR count). The van der Waals surface area contributed by atoms with E-state index in [1.807, 2.05) is 12.1 Å². The van der Waals surface area contributed by atoms with Crippen molar-refractivity contribution in [2.24, 2.45) is 0 Å². The Morgan fingerprint density at radius 3 is 2.05 bits per heavy atom. The second kappa shape index (κ2) is 11.9. The Bertz CT molecular complexity index is 376. The maximum atomic E-state index is 6.12. The quantitative estimate of drug-likeness (QED) is 0.411. The number of unbranched alkanes of at least 4 members (excludes halogenated alkanes) is 9. The van der Waals surface area contributed by atoms with E-state index >= 15 is 0 Å². The van der Waals surface area contributed by atoms with Crippen LogP contribution in [0.3, 0.4) is 0 Å². The zero-order chi connectivity index (χ0) is 15.3. The van der Waals surface area contributed by atoms with Crippen molar-refractivity contribution in [2.75, 3.05) is 11.9 Å². The molecule has 0 aliphatic rings. The fourth-order valence-corrected chi connectivity index (χ4v) is 2.81. The van der Waals surface area contributed by atoms with Crippen LogP contribution in [0, 0.1) is 6.92 Å². The first-order valence-corrected chi connectivity index (χ1v) is 9.12. The summed E-state index contributed by atoms with van der Waals surface area (Å²) in [6, 6.07) is 6.07. The minimum Gasteiger partial charge on any atom is -0.385 e. The van der Waals surface area contributed by atoms with Gasteiger partial charge in [0.2, 0.25) is 0 Å². The van der Waals surface area contributed by atoms with Crippen molar-refractivity contribution in [1.29, 1.82) is 0 Å². The van der Waals surface area contributed by atoms with E-state index in [2.05, 4.69) is 25.2 Å². The maximum Gasteiger partial charge on any atom is 0.0455 e. The topological polar surface area (TPSA) is 12.0 Å². The molecule has 0 fully saturated rings. The molecule has 0 aromatic heterocycles. The molecule has 0 aliphatic heterocycles. The number of hydrogen-bond acceptors (Lipinski definition) is 1. The molecule has 0 saturated heterocycles. The first kappa shape index (κ1) is 18.4. The van der Waals surface area contributed by atoms with Gasteiger partial charge in [0.25, 0.3) is 0 Å². The van der Waals surface area contributed by atoms with E-state index in [0.29, 0.717) is 0 Å². The minimum absolute atomic E-state index is 0.850. The molecule has 0 atom stereocenters. The van der Waals surface area contributed by atoms with E-state index in [-0.39, 0.29) is 0 Å². The second-order valence-electron chi connectivity index (χ2n) is 6.02. The van der Waals surface area contributed by atoms with Crippen LogP contribution in [0.5, 0.6) is 0 Å². The molecule has 1 N–H and O–H groups in total. The summed E-state index contributed by atoms with van der Waals surface area (Å²) in [5.41, 5.74) is 2.34. The van der Waals surface area contributed by atoms with E-state index in [1.54, 1.807) is 0 Å². The van der Waals surface area contributed by atoms with Crippen LogP contribution in [0.1, 0.15) is 76.7 Å². The standard InChI is InChI=1S/C19H32ClN/c1-3-4-5-6-7-8-9-10-11-12-16-21-19-15-13-14-18(20)17(19)2/h13-15,21H,3-12,16H2,1-2H3. The highest BCUT2D eigenvalue weighted by Gasteiger charge is 2.00. The fourth-order valence-electron chi connectivity index (χ4n) is 2.63. The largest absolute Gasteiger partial charge is 0.385 e. The Balaban J connectivity index is 1.94. The van der Waals surface area contributed by atoms with Crippen LogP contribution >= 0.6 is 11.6 Å². The number of halogens is 1. The van der Waals surface area contributed by atoms with Crippen molar-refractivity contribution in [3.05, 3.63) is 28.8 Å². The predicted molar refractivity (Wildman–Crippen MR) is 96.5 cm³/mol. The zero-order valence-electron chi connectivity index (χ0n) is 13.9. The van der Waals surface area contributed by atoms with E-state index in [0.717, 1.165) is 17.1 Å². The van der Waals surface area contributed by atoms with E-state index < -0.39 is 0 Å². The minimum atomic E-state index is 0.850. The Labute approximate surface area is 136 Å². The Kier molecular flexibility index (Phi) is 10.4. The van der Waals surface area contributed by atoms with Crippen LogP contribution in [0.25, 0.3) is 0 Å². The summed E-state index contributed by atoms with van der Waals surface area (Å²) in [4.78, 5) is 0. The van der Waals surface area contributed by atoms with E-state index in [9.17, 15) is 0 Å². The molecular formula is C19H32ClN. The van der Waals surface area contributed by atoms with Crippen LogP contribution in [0.4, 0.5) is 5.69 Å². The number of anilines is 1. The lowest BCUT2D eigenvalue weighted by Gasteiger charge is -2.10. The Hall–Kier alpha value is -0.690. The molecule has 0 unspecified atom stereocenters. The Morgan fingerprint density at radius 2 is 1.43 bits per heavy atom. The molecule has 0 saturated carbocycles. The molecule has 2 heteroatoms. The third kappa shape index (κ3) is 8.36. The van der Waals surface area contributed by atoms with Crippen molar-refractivity contribution in [2.45, 2.75) is 78.1 Å². The number of nitrogens with one attached hydrogen (secondary N) is 1. The van der Waals surface area contributed by atoms with Gasteiger partial charge < -0.3 is 5.32 Å². The fraction of sp³-hybridized carbons (Fsp3) is 0.684. The summed E-state index contributed by atoms with van der Waals surface area (Å²) in [7, 11) is 0. The number of rotatable bonds is 12. The normalized spacial score (nSPS) is 10.8. The molecule has 1 nitrogen and oxygen atoms in total. The van der Waals surface area contributed by atoms with Gasteiger partial charge in [0.15, 0.2) is 0 Å². The molecule has 120 valence electrons. The summed E-state index contributed by atoms with van der Waals surface area (Å²) < 4.78 is 0. The molecule has 1 aromatic carbocycles. The van der Waals surface area contributed by atoms with Gasteiger partial charge >= 0.3 is 0 Å². The van der Waals surface area contributed by atoms with Crippen LogP contribution in [0.15, 0.2) is 18.2 Å². The van der Waals surface area contributed by atoms with Crippen molar-refractivity contribution < 1.29 is 0 Å². The molecule has 21 heavy (non-hydrogen) atoms.